The number of carboxylic acid groups (broad SMARTS) is 1. The zero-order chi connectivity index (χ0) is 13.0. The van der Waals surface area contributed by atoms with E-state index in [1.165, 1.54) is 0 Å². The Labute approximate surface area is 99.8 Å². The van der Waals surface area contributed by atoms with E-state index in [-0.39, 0.29) is 24.2 Å². The van der Waals surface area contributed by atoms with Crippen molar-refractivity contribution in [2.75, 3.05) is 6.54 Å². The van der Waals surface area contributed by atoms with Crippen molar-refractivity contribution in [3.8, 4) is 0 Å². The Morgan fingerprint density at radius 3 is 2.59 bits per heavy atom. The quantitative estimate of drug-likeness (QED) is 0.632. The van der Waals surface area contributed by atoms with Crippen LogP contribution in [0.3, 0.4) is 0 Å². The predicted octanol–water partition coefficient (Wildman–Crippen LogP) is -0.262. The van der Waals surface area contributed by atoms with Gasteiger partial charge in [0, 0.05) is 18.9 Å². The van der Waals surface area contributed by atoms with Crippen LogP contribution in [0.1, 0.15) is 26.7 Å². The number of hydrogen-bond acceptors (Lipinski definition) is 3. The van der Waals surface area contributed by atoms with Gasteiger partial charge >= 0.3 is 5.97 Å². The van der Waals surface area contributed by atoms with Gasteiger partial charge in [-0.1, -0.05) is 13.8 Å². The first-order chi connectivity index (χ1) is 7.91. The van der Waals surface area contributed by atoms with Crippen LogP contribution in [-0.2, 0) is 14.4 Å². The standard InChI is InChI=1S/C11H18N2O4/c1-6(2)9(11(16)17)13-10(15)7-3-4-12-8(14)5-7/h6-7,9H,3-5H2,1-2H3,(H,12,14)(H,13,15)(H,16,17)/t7-,9-/m1/s1. The highest BCUT2D eigenvalue weighted by molar-refractivity contribution is 5.89. The molecule has 0 saturated carbocycles. The maximum Gasteiger partial charge on any atom is 0.326 e. The molecule has 1 aliphatic rings. The summed E-state index contributed by atoms with van der Waals surface area (Å²) in [6, 6.07) is -0.896. The molecule has 0 bridgehead atoms. The van der Waals surface area contributed by atoms with Crippen LogP contribution in [0.25, 0.3) is 0 Å². The number of nitrogens with one attached hydrogen (secondary N) is 2. The normalized spacial score (nSPS) is 21.8. The smallest absolute Gasteiger partial charge is 0.326 e. The van der Waals surface area contributed by atoms with E-state index in [0.717, 1.165) is 0 Å². The summed E-state index contributed by atoms with van der Waals surface area (Å²) in [6.07, 6.45) is 0.693. The first-order valence-electron chi connectivity index (χ1n) is 5.71. The van der Waals surface area contributed by atoms with E-state index in [4.69, 9.17) is 5.11 Å². The lowest BCUT2D eigenvalue weighted by Gasteiger charge is -2.24. The molecule has 6 nitrogen and oxygen atoms in total. The minimum absolute atomic E-state index is 0.135. The number of rotatable bonds is 4. The fraction of sp³-hybridized carbons (Fsp3) is 0.727. The minimum atomic E-state index is -1.05. The summed E-state index contributed by atoms with van der Waals surface area (Å²) in [6.45, 7) is 3.93. The van der Waals surface area contributed by atoms with Crippen LogP contribution in [-0.4, -0.2) is 35.5 Å². The number of carbonyl (C=O) groups is 3. The van der Waals surface area contributed by atoms with Crippen LogP contribution >= 0.6 is 0 Å². The fourth-order valence-corrected chi connectivity index (χ4v) is 1.79. The molecule has 0 radical (unpaired) electrons. The Bertz CT molecular complexity index is 327. The third-order valence-electron chi connectivity index (χ3n) is 2.85. The van der Waals surface area contributed by atoms with E-state index in [1.54, 1.807) is 13.8 Å². The Hall–Kier alpha value is -1.59. The molecule has 0 aromatic carbocycles. The predicted molar refractivity (Wildman–Crippen MR) is 60.1 cm³/mol. The molecule has 1 aliphatic heterocycles. The second kappa shape index (κ2) is 5.65. The molecule has 1 fully saturated rings. The molecule has 96 valence electrons. The molecule has 17 heavy (non-hydrogen) atoms. The molecule has 0 aromatic heterocycles. The molecule has 6 heteroatoms. The molecule has 1 heterocycles. The Morgan fingerprint density at radius 1 is 1.47 bits per heavy atom. The molecule has 3 N–H and O–H groups in total. The maximum absolute atomic E-state index is 11.8. The van der Waals surface area contributed by atoms with Crippen LogP contribution in [0, 0.1) is 11.8 Å². The molecular formula is C11H18N2O4. The number of aliphatic carboxylic acids is 1. The summed E-state index contributed by atoms with van der Waals surface area (Å²) in [5.41, 5.74) is 0. The average molecular weight is 242 g/mol. The molecule has 2 atom stereocenters. The van der Waals surface area contributed by atoms with Crippen molar-refractivity contribution in [1.29, 1.82) is 0 Å². The lowest BCUT2D eigenvalue weighted by Crippen LogP contribution is -2.49. The monoisotopic (exact) mass is 242 g/mol. The highest BCUT2D eigenvalue weighted by atomic mass is 16.4. The van der Waals surface area contributed by atoms with E-state index >= 15 is 0 Å². The number of carbonyl (C=O) groups excluding carboxylic acids is 2. The zero-order valence-electron chi connectivity index (χ0n) is 10.0. The summed E-state index contributed by atoms with van der Waals surface area (Å²) in [5, 5.41) is 14.1. The first-order valence-corrected chi connectivity index (χ1v) is 5.71. The van der Waals surface area contributed by atoms with Gasteiger partial charge < -0.3 is 15.7 Å². The van der Waals surface area contributed by atoms with Crippen molar-refractivity contribution in [3.05, 3.63) is 0 Å². The molecule has 0 unspecified atom stereocenters. The van der Waals surface area contributed by atoms with E-state index < -0.39 is 17.9 Å². The van der Waals surface area contributed by atoms with Gasteiger partial charge in [0.2, 0.25) is 11.8 Å². The molecular weight excluding hydrogens is 224 g/mol. The van der Waals surface area contributed by atoms with Gasteiger partial charge in [0.1, 0.15) is 6.04 Å². The van der Waals surface area contributed by atoms with Crippen molar-refractivity contribution in [1.82, 2.24) is 10.6 Å². The van der Waals surface area contributed by atoms with Gasteiger partial charge in [0.05, 0.1) is 0 Å². The third kappa shape index (κ3) is 3.72. The van der Waals surface area contributed by atoms with E-state index in [1.807, 2.05) is 0 Å². The maximum atomic E-state index is 11.8. The molecule has 1 rings (SSSR count). The van der Waals surface area contributed by atoms with E-state index in [0.29, 0.717) is 13.0 Å². The van der Waals surface area contributed by atoms with Gasteiger partial charge in [-0.3, -0.25) is 9.59 Å². The largest absolute Gasteiger partial charge is 0.480 e. The van der Waals surface area contributed by atoms with Crippen molar-refractivity contribution in [2.45, 2.75) is 32.7 Å². The highest BCUT2D eigenvalue weighted by Gasteiger charge is 2.30. The summed E-state index contributed by atoms with van der Waals surface area (Å²) in [7, 11) is 0. The van der Waals surface area contributed by atoms with Crippen LogP contribution in [0.5, 0.6) is 0 Å². The van der Waals surface area contributed by atoms with Crippen LogP contribution in [0.4, 0.5) is 0 Å². The zero-order valence-corrected chi connectivity index (χ0v) is 10.0. The lowest BCUT2D eigenvalue weighted by molar-refractivity contribution is -0.144. The highest BCUT2D eigenvalue weighted by Crippen LogP contribution is 2.13. The minimum Gasteiger partial charge on any atom is -0.480 e. The second-order valence-electron chi connectivity index (χ2n) is 4.61. The van der Waals surface area contributed by atoms with Crippen LogP contribution < -0.4 is 10.6 Å². The summed E-state index contributed by atoms with van der Waals surface area (Å²) >= 11 is 0. The summed E-state index contributed by atoms with van der Waals surface area (Å²) in [4.78, 5) is 33.9. The van der Waals surface area contributed by atoms with Crippen molar-refractivity contribution >= 4 is 17.8 Å². The van der Waals surface area contributed by atoms with Gasteiger partial charge in [-0.05, 0) is 12.3 Å². The van der Waals surface area contributed by atoms with Gasteiger partial charge in [-0.25, -0.2) is 4.79 Å². The number of hydrogen-bond donors (Lipinski definition) is 3. The summed E-state index contributed by atoms with van der Waals surface area (Å²) in [5.74, 6) is -2.15. The van der Waals surface area contributed by atoms with Crippen LogP contribution in [0.2, 0.25) is 0 Å². The Kier molecular flexibility index (Phi) is 4.48. The summed E-state index contributed by atoms with van der Waals surface area (Å²) < 4.78 is 0. The van der Waals surface area contributed by atoms with E-state index in [2.05, 4.69) is 10.6 Å². The third-order valence-corrected chi connectivity index (χ3v) is 2.85. The second-order valence-corrected chi connectivity index (χ2v) is 4.61. The number of piperidine rings is 1. The first kappa shape index (κ1) is 13.5. The SMILES string of the molecule is CC(C)[C@@H](NC(=O)[C@@H]1CCNC(=O)C1)C(=O)O. The molecule has 0 aromatic rings. The Balaban J connectivity index is 2.57. The number of carboxylic acids is 1. The Morgan fingerprint density at radius 2 is 2.12 bits per heavy atom. The topological polar surface area (TPSA) is 95.5 Å². The average Bonchev–Trinajstić information content (AvgIpc) is 2.24. The lowest BCUT2D eigenvalue weighted by atomic mass is 9.95. The fourth-order valence-electron chi connectivity index (χ4n) is 1.79. The number of amides is 2. The van der Waals surface area contributed by atoms with Gasteiger partial charge in [0.25, 0.3) is 0 Å². The van der Waals surface area contributed by atoms with Crippen molar-refractivity contribution in [3.63, 3.8) is 0 Å². The molecule has 0 aliphatic carbocycles. The van der Waals surface area contributed by atoms with Crippen LogP contribution in [0.15, 0.2) is 0 Å². The molecule has 1 saturated heterocycles. The van der Waals surface area contributed by atoms with Gasteiger partial charge in [-0.2, -0.15) is 0 Å². The van der Waals surface area contributed by atoms with Gasteiger partial charge in [-0.15, -0.1) is 0 Å². The van der Waals surface area contributed by atoms with Gasteiger partial charge in [0.15, 0.2) is 0 Å². The molecule has 0 spiro atoms. The molecule has 2 amide bonds. The van der Waals surface area contributed by atoms with Crippen molar-refractivity contribution < 1.29 is 19.5 Å². The van der Waals surface area contributed by atoms with E-state index in [9.17, 15) is 14.4 Å². The van der Waals surface area contributed by atoms with Crippen molar-refractivity contribution in [2.24, 2.45) is 11.8 Å².